The van der Waals surface area contributed by atoms with E-state index in [9.17, 15) is 5.11 Å². The molecule has 2 atom stereocenters. The molecule has 3 rings (SSSR count). The third-order valence-corrected chi connectivity index (χ3v) is 7.25. The molecule has 2 aromatic carbocycles. The number of nitrogens with one attached hydrogen (secondary N) is 1. The molecule has 2 N–H and O–H groups in total. The second-order valence-corrected chi connectivity index (χ2v) is 9.56. The van der Waals surface area contributed by atoms with E-state index in [1.807, 2.05) is 42.1 Å². The van der Waals surface area contributed by atoms with Crippen LogP contribution in [0.1, 0.15) is 32.3 Å². The standard InChI is InChI=1S/C22H29NO2S2/c1-15(2)18-7-6-10-21(22(18)24)26-13-16(3)11-23-17-12-25-19-8-4-5-9-20(19)27-14-17/h4-10,15-17,23-24H,11-14H2,1-3H3/t16-,17+/m0/s1. The van der Waals surface area contributed by atoms with Gasteiger partial charge in [0, 0.05) is 21.3 Å². The van der Waals surface area contributed by atoms with Gasteiger partial charge in [0.25, 0.3) is 0 Å². The average Bonchev–Trinajstić information content (AvgIpc) is 2.88. The molecule has 0 aliphatic carbocycles. The minimum absolute atomic E-state index is 0.335. The average molecular weight is 404 g/mol. The van der Waals surface area contributed by atoms with Crippen molar-refractivity contribution in [2.75, 3.05) is 24.7 Å². The molecule has 1 aliphatic heterocycles. The molecule has 1 aliphatic rings. The first-order chi connectivity index (χ1) is 13.0. The first-order valence-electron chi connectivity index (χ1n) is 9.57. The van der Waals surface area contributed by atoms with Crippen LogP contribution in [0.2, 0.25) is 0 Å². The lowest BCUT2D eigenvalue weighted by atomic mass is 10.0. The Bertz CT molecular complexity index is 724. The molecule has 1 heterocycles. The number of phenolic OH excluding ortho intramolecular Hbond substituents is 1. The van der Waals surface area contributed by atoms with E-state index in [4.69, 9.17) is 4.74 Å². The zero-order chi connectivity index (χ0) is 19.2. The molecule has 0 saturated carbocycles. The Labute approximate surface area is 171 Å². The van der Waals surface area contributed by atoms with Gasteiger partial charge in [0.05, 0.1) is 6.04 Å². The number of hydrogen-bond acceptors (Lipinski definition) is 5. The van der Waals surface area contributed by atoms with Crippen molar-refractivity contribution in [3.8, 4) is 11.5 Å². The summed E-state index contributed by atoms with van der Waals surface area (Å²) in [6.45, 7) is 8.13. The van der Waals surface area contributed by atoms with Crippen molar-refractivity contribution in [1.29, 1.82) is 0 Å². The van der Waals surface area contributed by atoms with Gasteiger partial charge < -0.3 is 15.2 Å². The molecule has 0 amide bonds. The smallest absolute Gasteiger partial charge is 0.132 e. The van der Waals surface area contributed by atoms with Gasteiger partial charge in [-0.3, -0.25) is 0 Å². The number of hydrogen-bond donors (Lipinski definition) is 2. The fraction of sp³-hybridized carbons (Fsp3) is 0.455. The predicted molar refractivity (Wildman–Crippen MR) is 117 cm³/mol. The fourth-order valence-corrected chi connectivity index (χ4v) is 5.07. The number of ether oxygens (including phenoxy) is 1. The normalized spacial score (nSPS) is 17.9. The zero-order valence-corrected chi connectivity index (χ0v) is 17.9. The Morgan fingerprint density at radius 2 is 2.00 bits per heavy atom. The van der Waals surface area contributed by atoms with E-state index in [1.165, 1.54) is 4.90 Å². The Kier molecular flexibility index (Phi) is 7.39. The summed E-state index contributed by atoms with van der Waals surface area (Å²) in [7, 11) is 0. The summed E-state index contributed by atoms with van der Waals surface area (Å²) in [5.74, 6) is 4.28. The van der Waals surface area contributed by atoms with Crippen molar-refractivity contribution in [3.05, 3.63) is 48.0 Å². The van der Waals surface area contributed by atoms with E-state index in [1.54, 1.807) is 11.8 Å². The Balaban J connectivity index is 1.45. The molecule has 0 fully saturated rings. The van der Waals surface area contributed by atoms with Gasteiger partial charge in [-0.1, -0.05) is 45.0 Å². The summed E-state index contributed by atoms with van der Waals surface area (Å²) in [6.07, 6.45) is 0. The summed E-state index contributed by atoms with van der Waals surface area (Å²) in [6, 6.07) is 14.7. The third-order valence-electron chi connectivity index (χ3n) is 4.66. The quantitative estimate of drug-likeness (QED) is 0.607. The number of rotatable bonds is 7. The van der Waals surface area contributed by atoms with Crippen LogP contribution in [0.15, 0.2) is 52.3 Å². The van der Waals surface area contributed by atoms with Crippen LogP contribution in [0.3, 0.4) is 0 Å². The Morgan fingerprint density at radius 1 is 1.19 bits per heavy atom. The zero-order valence-electron chi connectivity index (χ0n) is 16.3. The Morgan fingerprint density at radius 3 is 2.81 bits per heavy atom. The third kappa shape index (κ3) is 5.59. The summed E-state index contributed by atoms with van der Waals surface area (Å²) < 4.78 is 5.95. The largest absolute Gasteiger partial charge is 0.506 e. The molecule has 0 aromatic heterocycles. The monoisotopic (exact) mass is 403 g/mol. The highest BCUT2D eigenvalue weighted by Gasteiger charge is 2.18. The minimum atomic E-state index is 0.335. The van der Waals surface area contributed by atoms with Crippen LogP contribution in [0.5, 0.6) is 11.5 Å². The van der Waals surface area contributed by atoms with Crippen molar-refractivity contribution < 1.29 is 9.84 Å². The molecule has 146 valence electrons. The minimum Gasteiger partial charge on any atom is -0.506 e. The van der Waals surface area contributed by atoms with E-state index in [0.717, 1.165) is 34.3 Å². The van der Waals surface area contributed by atoms with E-state index in [0.29, 0.717) is 30.2 Å². The van der Waals surface area contributed by atoms with Gasteiger partial charge in [0.15, 0.2) is 0 Å². The number of fused-ring (bicyclic) bond motifs is 1. The molecular weight excluding hydrogens is 374 g/mol. The summed E-state index contributed by atoms with van der Waals surface area (Å²) in [4.78, 5) is 2.21. The van der Waals surface area contributed by atoms with Crippen LogP contribution in [0.25, 0.3) is 0 Å². The van der Waals surface area contributed by atoms with Gasteiger partial charge in [0.2, 0.25) is 0 Å². The maximum absolute atomic E-state index is 10.5. The number of para-hydroxylation sites is 2. The number of thioether (sulfide) groups is 2. The van der Waals surface area contributed by atoms with Gasteiger partial charge in [-0.25, -0.2) is 0 Å². The van der Waals surface area contributed by atoms with Crippen LogP contribution in [0.4, 0.5) is 0 Å². The van der Waals surface area contributed by atoms with Crippen molar-refractivity contribution in [2.24, 2.45) is 5.92 Å². The second-order valence-electron chi connectivity index (χ2n) is 7.44. The Hall–Kier alpha value is -1.30. The summed E-state index contributed by atoms with van der Waals surface area (Å²) in [5, 5.41) is 14.1. The maximum Gasteiger partial charge on any atom is 0.132 e. The fourth-order valence-electron chi connectivity index (χ4n) is 3.02. The van der Waals surface area contributed by atoms with Gasteiger partial charge >= 0.3 is 0 Å². The van der Waals surface area contributed by atoms with Gasteiger partial charge in [-0.2, -0.15) is 0 Å². The molecule has 2 aromatic rings. The molecule has 3 nitrogen and oxygen atoms in total. The van der Waals surface area contributed by atoms with Crippen LogP contribution in [0, 0.1) is 5.92 Å². The lowest BCUT2D eigenvalue weighted by molar-refractivity contribution is 0.270. The molecule has 0 spiro atoms. The molecule has 5 heteroatoms. The van der Waals surface area contributed by atoms with Crippen molar-refractivity contribution in [3.63, 3.8) is 0 Å². The van der Waals surface area contributed by atoms with Crippen molar-refractivity contribution >= 4 is 23.5 Å². The van der Waals surface area contributed by atoms with Crippen LogP contribution < -0.4 is 10.1 Å². The van der Waals surface area contributed by atoms with E-state index in [2.05, 4.69) is 38.2 Å². The second kappa shape index (κ2) is 9.76. The first-order valence-corrected chi connectivity index (χ1v) is 11.5. The lowest BCUT2D eigenvalue weighted by Crippen LogP contribution is -2.39. The topological polar surface area (TPSA) is 41.5 Å². The molecule has 27 heavy (non-hydrogen) atoms. The van der Waals surface area contributed by atoms with Crippen molar-refractivity contribution in [1.82, 2.24) is 5.32 Å². The highest BCUT2D eigenvalue weighted by Crippen LogP contribution is 2.36. The first kappa shape index (κ1) is 20.4. The van der Waals surface area contributed by atoms with Crippen LogP contribution in [-0.2, 0) is 0 Å². The molecule has 0 saturated heterocycles. The molecular formula is C22H29NO2S2. The summed E-state index contributed by atoms with van der Waals surface area (Å²) in [5.41, 5.74) is 1.03. The highest BCUT2D eigenvalue weighted by molar-refractivity contribution is 7.99. The maximum atomic E-state index is 10.5. The summed E-state index contributed by atoms with van der Waals surface area (Å²) >= 11 is 3.60. The SMILES string of the molecule is CC(C)c1cccc(SC[C@@H](C)CN[C@@H]2COc3ccccc3SC2)c1O. The van der Waals surface area contributed by atoms with Gasteiger partial charge in [-0.15, -0.1) is 23.5 Å². The molecule has 0 unspecified atom stereocenters. The predicted octanol–water partition coefficient (Wildman–Crippen LogP) is 5.39. The molecule has 0 radical (unpaired) electrons. The number of benzene rings is 2. The number of aromatic hydroxyl groups is 1. The number of phenols is 1. The van der Waals surface area contributed by atoms with E-state index in [-0.39, 0.29) is 0 Å². The van der Waals surface area contributed by atoms with Crippen LogP contribution >= 0.6 is 23.5 Å². The highest BCUT2D eigenvalue weighted by atomic mass is 32.2. The lowest BCUT2D eigenvalue weighted by Gasteiger charge is -2.19. The van der Waals surface area contributed by atoms with Gasteiger partial charge in [-0.05, 0) is 42.1 Å². The van der Waals surface area contributed by atoms with Crippen molar-refractivity contribution in [2.45, 2.75) is 42.5 Å². The van der Waals surface area contributed by atoms with E-state index >= 15 is 0 Å². The van der Waals surface area contributed by atoms with E-state index < -0.39 is 0 Å². The van der Waals surface area contributed by atoms with Gasteiger partial charge in [0.1, 0.15) is 18.1 Å². The van der Waals surface area contributed by atoms with Crippen LogP contribution in [-0.4, -0.2) is 35.8 Å². The molecule has 0 bridgehead atoms.